The molecule has 1 heterocycles. The highest BCUT2D eigenvalue weighted by Gasteiger charge is 2.35. The summed E-state index contributed by atoms with van der Waals surface area (Å²) in [6.07, 6.45) is 4.11. The summed E-state index contributed by atoms with van der Waals surface area (Å²) in [5, 5.41) is 5.77. The third-order valence-corrected chi connectivity index (χ3v) is 5.10. The van der Waals surface area contributed by atoms with Crippen LogP contribution in [0.15, 0.2) is 17.5 Å². The summed E-state index contributed by atoms with van der Waals surface area (Å²) < 4.78 is 0. The molecule has 1 N–H and O–H groups in total. The second-order valence-electron chi connectivity index (χ2n) is 6.10. The van der Waals surface area contributed by atoms with E-state index < -0.39 is 0 Å². The maximum Gasteiger partial charge on any atom is 0.00796 e. The van der Waals surface area contributed by atoms with Gasteiger partial charge in [-0.2, -0.15) is 0 Å². The van der Waals surface area contributed by atoms with Crippen LogP contribution in [0.1, 0.15) is 50.8 Å². The van der Waals surface area contributed by atoms with E-state index in [4.69, 9.17) is 0 Å². The van der Waals surface area contributed by atoms with Gasteiger partial charge in [-0.3, -0.25) is 0 Å². The highest BCUT2D eigenvalue weighted by atomic mass is 32.1. The Morgan fingerprint density at radius 3 is 2.94 bits per heavy atom. The fourth-order valence-electron chi connectivity index (χ4n) is 3.05. The Morgan fingerprint density at radius 1 is 1.47 bits per heavy atom. The van der Waals surface area contributed by atoms with Crippen molar-refractivity contribution >= 4 is 11.3 Å². The molecule has 2 rings (SSSR count). The van der Waals surface area contributed by atoms with Gasteiger partial charge in [0.15, 0.2) is 0 Å². The van der Waals surface area contributed by atoms with Gasteiger partial charge >= 0.3 is 0 Å². The molecule has 0 aromatic carbocycles. The average molecular weight is 251 g/mol. The van der Waals surface area contributed by atoms with Crippen LogP contribution >= 0.6 is 11.3 Å². The molecule has 0 radical (unpaired) electrons. The molecule has 0 spiro atoms. The van der Waals surface area contributed by atoms with E-state index in [-0.39, 0.29) is 0 Å². The van der Waals surface area contributed by atoms with E-state index in [0.717, 1.165) is 18.4 Å². The van der Waals surface area contributed by atoms with Gasteiger partial charge in [0.05, 0.1) is 0 Å². The van der Waals surface area contributed by atoms with Crippen LogP contribution in [0.25, 0.3) is 0 Å². The van der Waals surface area contributed by atoms with E-state index in [0.29, 0.717) is 5.41 Å². The van der Waals surface area contributed by atoms with Gasteiger partial charge in [-0.1, -0.05) is 26.8 Å². The Kier molecular flexibility index (Phi) is 4.26. The van der Waals surface area contributed by atoms with Gasteiger partial charge in [0.2, 0.25) is 0 Å². The fourth-order valence-corrected chi connectivity index (χ4v) is 3.97. The van der Waals surface area contributed by atoms with Crippen LogP contribution in [0.4, 0.5) is 0 Å². The monoisotopic (exact) mass is 251 g/mol. The summed E-state index contributed by atoms with van der Waals surface area (Å²) in [5.74, 6) is 1.61. The molecular formula is C15H25NS. The van der Waals surface area contributed by atoms with Crippen LogP contribution < -0.4 is 5.32 Å². The first-order valence-electron chi connectivity index (χ1n) is 6.86. The van der Waals surface area contributed by atoms with Crippen molar-refractivity contribution in [1.82, 2.24) is 5.32 Å². The molecule has 1 fully saturated rings. The SMILES string of the molecule is CCNCC1CCC(C)(C)CC1c1cccs1. The Hall–Kier alpha value is -0.340. The summed E-state index contributed by atoms with van der Waals surface area (Å²) >= 11 is 1.94. The zero-order valence-corrected chi connectivity index (χ0v) is 12.1. The summed E-state index contributed by atoms with van der Waals surface area (Å²) in [6, 6.07) is 4.53. The van der Waals surface area contributed by atoms with E-state index in [1.165, 1.54) is 25.8 Å². The predicted molar refractivity (Wildman–Crippen MR) is 76.7 cm³/mol. The zero-order chi connectivity index (χ0) is 12.3. The second kappa shape index (κ2) is 5.53. The van der Waals surface area contributed by atoms with E-state index in [1.807, 2.05) is 11.3 Å². The average Bonchev–Trinajstić information content (AvgIpc) is 2.80. The highest BCUT2D eigenvalue weighted by molar-refractivity contribution is 7.10. The van der Waals surface area contributed by atoms with Gasteiger partial charge in [0.1, 0.15) is 0 Å². The molecule has 0 aliphatic heterocycles. The summed E-state index contributed by atoms with van der Waals surface area (Å²) in [7, 11) is 0. The largest absolute Gasteiger partial charge is 0.317 e. The Morgan fingerprint density at radius 2 is 2.29 bits per heavy atom. The number of rotatable bonds is 4. The Labute approximate surface area is 110 Å². The van der Waals surface area contributed by atoms with Crippen LogP contribution in [0.3, 0.4) is 0 Å². The molecule has 17 heavy (non-hydrogen) atoms. The summed E-state index contributed by atoms with van der Waals surface area (Å²) in [4.78, 5) is 1.60. The number of hydrogen-bond acceptors (Lipinski definition) is 2. The molecule has 2 heteroatoms. The van der Waals surface area contributed by atoms with Crippen molar-refractivity contribution in [3.63, 3.8) is 0 Å². The van der Waals surface area contributed by atoms with Gasteiger partial charge in [-0.05, 0) is 61.0 Å². The van der Waals surface area contributed by atoms with Crippen molar-refractivity contribution in [1.29, 1.82) is 0 Å². The minimum absolute atomic E-state index is 0.525. The first kappa shape index (κ1) is 13.1. The van der Waals surface area contributed by atoms with E-state index in [1.54, 1.807) is 4.88 Å². The summed E-state index contributed by atoms with van der Waals surface area (Å²) in [6.45, 7) is 9.34. The highest BCUT2D eigenvalue weighted by Crippen LogP contribution is 2.47. The molecule has 1 aliphatic rings. The van der Waals surface area contributed by atoms with Crippen molar-refractivity contribution < 1.29 is 0 Å². The maximum atomic E-state index is 3.54. The van der Waals surface area contributed by atoms with Crippen LogP contribution in [0.5, 0.6) is 0 Å². The van der Waals surface area contributed by atoms with Gasteiger partial charge in [-0.15, -0.1) is 11.3 Å². The lowest BCUT2D eigenvalue weighted by Crippen LogP contribution is -2.34. The van der Waals surface area contributed by atoms with E-state index >= 15 is 0 Å². The van der Waals surface area contributed by atoms with E-state index in [2.05, 4.69) is 43.6 Å². The van der Waals surface area contributed by atoms with Crippen LogP contribution in [0.2, 0.25) is 0 Å². The smallest absolute Gasteiger partial charge is 0.00796 e. The van der Waals surface area contributed by atoms with Crippen molar-refractivity contribution in [2.75, 3.05) is 13.1 Å². The zero-order valence-electron chi connectivity index (χ0n) is 11.3. The molecule has 1 aromatic heterocycles. The molecule has 2 atom stereocenters. The Bertz CT molecular complexity index is 329. The van der Waals surface area contributed by atoms with Crippen molar-refractivity contribution in [2.24, 2.45) is 11.3 Å². The maximum absolute atomic E-state index is 3.54. The van der Waals surface area contributed by atoms with Crippen LogP contribution in [0, 0.1) is 11.3 Å². The minimum Gasteiger partial charge on any atom is -0.317 e. The summed E-state index contributed by atoms with van der Waals surface area (Å²) in [5.41, 5.74) is 0.525. The van der Waals surface area contributed by atoms with Crippen LogP contribution in [-0.2, 0) is 0 Å². The topological polar surface area (TPSA) is 12.0 Å². The molecule has 1 aliphatic carbocycles. The standard InChI is InChI=1S/C15H25NS/c1-4-16-11-12-7-8-15(2,3)10-13(12)14-6-5-9-17-14/h5-6,9,12-13,16H,4,7-8,10-11H2,1-3H3. The lowest BCUT2D eigenvalue weighted by Gasteiger charge is -2.40. The van der Waals surface area contributed by atoms with Gasteiger partial charge in [0, 0.05) is 4.88 Å². The minimum atomic E-state index is 0.525. The van der Waals surface area contributed by atoms with Crippen LogP contribution in [-0.4, -0.2) is 13.1 Å². The molecule has 0 amide bonds. The molecule has 0 saturated heterocycles. The Balaban J connectivity index is 2.09. The number of thiophene rings is 1. The quantitative estimate of drug-likeness (QED) is 0.843. The molecule has 96 valence electrons. The third kappa shape index (κ3) is 3.32. The van der Waals surface area contributed by atoms with Gasteiger partial charge < -0.3 is 5.32 Å². The normalized spacial score (nSPS) is 28.2. The lowest BCUT2D eigenvalue weighted by molar-refractivity contribution is 0.162. The molecule has 1 saturated carbocycles. The first-order valence-corrected chi connectivity index (χ1v) is 7.74. The second-order valence-corrected chi connectivity index (χ2v) is 7.08. The fraction of sp³-hybridized carbons (Fsp3) is 0.733. The molecular weight excluding hydrogens is 226 g/mol. The molecule has 1 nitrogen and oxygen atoms in total. The third-order valence-electron chi connectivity index (χ3n) is 4.10. The molecule has 2 unspecified atom stereocenters. The van der Waals surface area contributed by atoms with Gasteiger partial charge in [-0.25, -0.2) is 0 Å². The lowest BCUT2D eigenvalue weighted by atomic mass is 9.66. The molecule has 1 aromatic rings. The van der Waals surface area contributed by atoms with Crippen molar-refractivity contribution in [2.45, 2.75) is 46.0 Å². The molecule has 0 bridgehead atoms. The number of nitrogens with one attached hydrogen (secondary N) is 1. The number of hydrogen-bond donors (Lipinski definition) is 1. The van der Waals surface area contributed by atoms with E-state index in [9.17, 15) is 0 Å². The first-order chi connectivity index (χ1) is 8.12. The van der Waals surface area contributed by atoms with Gasteiger partial charge in [0.25, 0.3) is 0 Å². The van der Waals surface area contributed by atoms with Crippen molar-refractivity contribution in [3.8, 4) is 0 Å². The predicted octanol–water partition coefficient (Wildman–Crippen LogP) is 4.27. The van der Waals surface area contributed by atoms with Crippen molar-refractivity contribution in [3.05, 3.63) is 22.4 Å².